The van der Waals surface area contributed by atoms with E-state index in [-0.39, 0.29) is 17.9 Å². The van der Waals surface area contributed by atoms with Crippen molar-refractivity contribution in [1.82, 2.24) is 15.3 Å². The van der Waals surface area contributed by atoms with E-state index in [9.17, 15) is 4.79 Å². The zero-order chi connectivity index (χ0) is 20.8. The number of nitrogens with one attached hydrogen (secondary N) is 1. The van der Waals surface area contributed by atoms with Crippen molar-refractivity contribution < 1.29 is 9.53 Å². The SMILES string of the molecule is C[C@H](NC(=O)[C@@H]1CCCN(c2nccnc2Oc2ccccc2)C1)c1ccccc1. The summed E-state index contributed by atoms with van der Waals surface area (Å²) in [4.78, 5) is 23.9. The van der Waals surface area contributed by atoms with Crippen molar-refractivity contribution in [2.24, 2.45) is 5.92 Å². The lowest BCUT2D eigenvalue weighted by molar-refractivity contribution is -0.125. The summed E-state index contributed by atoms with van der Waals surface area (Å²) in [7, 11) is 0. The topological polar surface area (TPSA) is 67.4 Å². The molecule has 0 aliphatic carbocycles. The Morgan fingerprint density at radius 1 is 1.07 bits per heavy atom. The molecule has 1 aliphatic heterocycles. The molecule has 30 heavy (non-hydrogen) atoms. The highest BCUT2D eigenvalue weighted by Crippen LogP contribution is 2.31. The van der Waals surface area contributed by atoms with Gasteiger partial charge in [0.1, 0.15) is 5.75 Å². The summed E-state index contributed by atoms with van der Waals surface area (Å²) < 4.78 is 5.97. The lowest BCUT2D eigenvalue weighted by Gasteiger charge is -2.33. The molecule has 0 radical (unpaired) electrons. The van der Waals surface area contributed by atoms with E-state index < -0.39 is 0 Å². The number of ether oxygens (including phenoxy) is 1. The Balaban J connectivity index is 1.45. The third-order valence-electron chi connectivity index (χ3n) is 5.35. The number of amides is 1. The van der Waals surface area contributed by atoms with Gasteiger partial charge < -0.3 is 15.0 Å². The molecule has 2 atom stereocenters. The van der Waals surface area contributed by atoms with Gasteiger partial charge in [-0.1, -0.05) is 48.5 Å². The van der Waals surface area contributed by atoms with Crippen LogP contribution >= 0.6 is 0 Å². The van der Waals surface area contributed by atoms with Gasteiger partial charge in [-0.15, -0.1) is 0 Å². The first-order valence-corrected chi connectivity index (χ1v) is 10.3. The molecule has 1 aliphatic rings. The molecule has 1 fully saturated rings. The second-order valence-electron chi connectivity index (χ2n) is 7.53. The van der Waals surface area contributed by atoms with Crippen LogP contribution in [0.2, 0.25) is 0 Å². The molecule has 0 unspecified atom stereocenters. The zero-order valence-corrected chi connectivity index (χ0v) is 17.1. The minimum Gasteiger partial charge on any atom is -0.436 e. The monoisotopic (exact) mass is 402 g/mol. The van der Waals surface area contributed by atoms with Gasteiger partial charge in [0.2, 0.25) is 5.91 Å². The number of benzene rings is 2. The van der Waals surface area contributed by atoms with Crippen LogP contribution in [0.5, 0.6) is 11.6 Å². The van der Waals surface area contributed by atoms with Gasteiger partial charge in [0.25, 0.3) is 5.88 Å². The van der Waals surface area contributed by atoms with Gasteiger partial charge in [-0.25, -0.2) is 9.97 Å². The van der Waals surface area contributed by atoms with E-state index in [4.69, 9.17) is 4.74 Å². The van der Waals surface area contributed by atoms with E-state index in [2.05, 4.69) is 20.2 Å². The first-order chi connectivity index (χ1) is 14.7. The standard InChI is InChI=1S/C24H26N4O2/c1-18(19-9-4-2-5-10-19)27-23(29)20-11-8-16-28(17-20)22-24(26-15-14-25-22)30-21-12-6-3-7-13-21/h2-7,9-10,12-15,18,20H,8,11,16-17H2,1H3,(H,27,29)/t18-,20+/m0/s1. The van der Waals surface area contributed by atoms with Crippen molar-refractivity contribution in [3.8, 4) is 11.6 Å². The molecular weight excluding hydrogens is 376 g/mol. The maximum absolute atomic E-state index is 12.9. The average molecular weight is 402 g/mol. The van der Waals surface area contributed by atoms with E-state index in [1.165, 1.54) is 0 Å². The van der Waals surface area contributed by atoms with Crippen LogP contribution in [0.15, 0.2) is 73.1 Å². The quantitative estimate of drug-likeness (QED) is 0.663. The third kappa shape index (κ3) is 4.76. The fourth-order valence-corrected chi connectivity index (χ4v) is 3.75. The van der Waals surface area contributed by atoms with Crippen LogP contribution in [0.4, 0.5) is 5.82 Å². The zero-order valence-electron chi connectivity index (χ0n) is 17.1. The predicted molar refractivity (Wildman–Crippen MR) is 116 cm³/mol. The van der Waals surface area contributed by atoms with Crippen LogP contribution in [0.25, 0.3) is 0 Å². The van der Waals surface area contributed by atoms with Crippen LogP contribution in [-0.4, -0.2) is 29.0 Å². The molecule has 0 spiro atoms. The number of nitrogens with zero attached hydrogens (tertiary/aromatic N) is 3. The summed E-state index contributed by atoms with van der Waals surface area (Å²) in [5, 5.41) is 3.16. The van der Waals surface area contributed by atoms with E-state index in [0.29, 0.717) is 24.0 Å². The van der Waals surface area contributed by atoms with Crippen LogP contribution in [-0.2, 0) is 4.79 Å². The summed E-state index contributed by atoms with van der Waals surface area (Å²) in [6.07, 6.45) is 5.06. The predicted octanol–water partition coefficient (Wildman–Crippen LogP) is 4.36. The first-order valence-electron chi connectivity index (χ1n) is 10.3. The van der Waals surface area contributed by atoms with Crippen LogP contribution in [0.1, 0.15) is 31.4 Å². The van der Waals surface area contributed by atoms with Crippen molar-refractivity contribution in [1.29, 1.82) is 0 Å². The van der Waals surface area contributed by atoms with Gasteiger partial charge in [0, 0.05) is 25.5 Å². The highest BCUT2D eigenvalue weighted by Gasteiger charge is 2.29. The lowest BCUT2D eigenvalue weighted by Crippen LogP contribution is -2.44. The van der Waals surface area contributed by atoms with Crippen LogP contribution < -0.4 is 15.0 Å². The number of rotatable bonds is 6. The molecule has 1 N–H and O–H groups in total. The van der Waals surface area contributed by atoms with Crippen molar-refractivity contribution in [2.45, 2.75) is 25.8 Å². The minimum atomic E-state index is -0.100. The number of para-hydroxylation sites is 1. The molecule has 6 heteroatoms. The Hall–Kier alpha value is -3.41. The normalized spacial score (nSPS) is 17.2. The largest absolute Gasteiger partial charge is 0.436 e. The van der Waals surface area contributed by atoms with Gasteiger partial charge in [-0.2, -0.15) is 0 Å². The highest BCUT2D eigenvalue weighted by molar-refractivity contribution is 5.80. The Morgan fingerprint density at radius 3 is 2.53 bits per heavy atom. The maximum Gasteiger partial charge on any atom is 0.263 e. The van der Waals surface area contributed by atoms with Crippen molar-refractivity contribution in [2.75, 3.05) is 18.0 Å². The Kier molecular flexibility index (Phi) is 6.23. The minimum absolute atomic E-state index is 0.0254. The van der Waals surface area contributed by atoms with Crippen LogP contribution in [0, 0.1) is 5.92 Å². The number of piperidine rings is 1. The smallest absolute Gasteiger partial charge is 0.263 e. The number of hydrogen-bond acceptors (Lipinski definition) is 5. The van der Waals surface area contributed by atoms with Gasteiger partial charge >= 0.3 is 0 Å². The molecule has 0 bridgehead atoms. The van der Waals surface area contributed by atoms with Gasteiger partial charge in [-0.05, 0) is 37.5 Å². The first kappa shape index (κ1) is 19.9. The van der Waals surface area contributed by atoms with E-state index in [0.717, 1.165) is 24.9 Å². The Labute approximate surface area is 176 Å². The molecule has 1 saturated heterocycles. The maximum atomic E-state index is 12.9. The van der Waals surface area contributed by atoms with E-state index in [1.807, 2.05) is 67.6 Å². The van der Waals surface area contributed by atoms with Crippen LogP contribution in [0.3, 0.4) is 0 Å². The van der Waals surface area contributed by atoms with E-state index >= 15 is 0 Å². The fourth-order valence-electron chi connectivity index (χ4n) is 3.75. The second-order valence-corrected chi connectivity index (χ2v) is 7.53. The van der Waals surface area contributed by atoms with Gasteiger partial charge in [0.15, 0.2) is 5.82 Å². The van der Waals surface area contributed by atoms with Gasteiger partial charge in [0.05, 0.1) is 12.0 Å². The van der Waals surface area contributed by atoms with Crippen molar-refractivity contribution in [3.63, 3.8) is 0 Å². The summed E-state index contributed by atoms with van der Waals surface area (Å²) in [6.45, 7) is 3.43. The number of hydrogen-bond donors (Lipinski definition) is 1. The van der Waals surface area contributed by atoms with Gasteiger partial charge in [-0.3, -0.25) is 4.79 Å². The molecule has 0 saturated carbocycles. The number of carbonyl (C=O) groups is 1. The Morgan fingerprint density at radius 2 is 1.77 bits per heavy atom. The Bertz CT molecular complexity index is 965. The molecule has 6 nitrogen and oxygen atoms in total. The third-order valence-corrected chi connectivity index (χ3v) is 5.35. The summed E-state index contributed by atoms with van der Waals surface area (Å²) in [5.41, 5.74) is 1.10. The summed E-state index contributed by atoms with van der Waals surface area (Å²) in [6, 6.07) is 19.5. The lowest BCUT2D eigenvalue weighted by atomic mass is 9.96. The molecule has 4 rings (SSSR count). The molecule has 1 amide bonds. The van der Waals surface area contributed by atoms with E-state index in [1.54, 1.807) is 12.4 Å². The number of aromatic nitrogens is 2. The fraction of sp³-hybridized carbons (Fsp3) is 0.292. The average Bonchev–Trinajstić information content (AvgIpc) is 2.81. The number of anilines is 1. The van der Waals surface area contributed by atoms with Crippen molar-refractivity contribution >= 4 is 11.7 Å². The molecule has 2 heterocycles. The van der Waals surface area contributed by atoms with Crippen molar-refractivity contribution in [3.05, 3.63) is 78.6 Å². The molecule has 2 aromatic carbocycles. The molecule has 3 aromatic rings. The summed E-state index contributed by atoms with van der Waals surface area (Å²) >= 11 is 0. The molecule has 154 valence electrons. The highest BCUT2D eigenvalue weighted by atomic mass is 16.5. The second kappa shape index (κ2) is 9.39. The molecular formula is C24H26N4O2. The number of carbonyl (C=O) groups excluding carboxylic acids is 1. The summed E-state index contributed by atoms with van der Waals surface area (Å²) in [5.74, 6) is 1.82. The molecule has 1 aromatic heterocycles.